The molecule has 3 rings (SSSR count). The summed E-state index contributed by atoms with van der Waals surface area (Å²) in [5, 5.41) is 6.88. The van der Waals surface area contributed by atoms with Gasteiger partial charge in [-0.05, 0) is 26.3 Å². The number of ether oxygens (including phenoxy) is 2. The minimum Gasteiger partial charge on any atom is -0.355 e. The van der Waals surface area contributed by atoms with Crippen LogP contribution in [-0.2, 0) is 9.47 Å². The van der Waals surface area contributed by atoms with Crippen LogP contribution in [-0.4, -0.2) is 36.6 Å². The Morgan fingerprint density at radius 1 is 1.25 bits per heavy atom. The van der Waals surface area contributed by atoms with Crippen molar-refractivity contribution >= 4 is 5.91 Å². The molecule has 0 spiro atoms. The van der Waals surface area contributed by atoms with Crippen molar-refractivity contribution in [1.29, 1.82) is 0 Å². The minimum atomic E-state index is -0.615. The molecule has 1 N–H and O–H groups in total. The van der Waals surface area contributed by atoms with Gasteiger partial charge in [0.05, 0.1) is 18.9 Å². The Morgan fingerprint density at radius 3 is 2.67 bits per heavy atom. The molecule has 0 bridgehead atoms. The fourth-order valence-corrected chi connectivity index (χ4v) is 2.84. The van der Waals surface area contributed by atoms with Crippen LogP contribution in [0.5, 0.6) is 0 Å². The largest absolute Gasteiger partial charge is 0.355 e. The van der Waals surface area contributed by atoms with Crippen LogP contribution >= 0.6 is 0 Å². The average Bonchev–Trinajstić information content (AvgIpc) is 3.14. The van der Waals surface area contributed by atoms with Crippen molar-refractivity contribution in [2.24, 2.45) is 0 Å². The molecule has 2 aromatic rings. The lowest BCUT2D eigenvalue weighted by Crippen LogP contribution is -2.33. The van der Waals surface area contributed by atoms with E-state index in [-0.39, 0.29) is 5.91 Å². The number of carbonyl (C=O) groups excluding carboxylic acids is 1. The van der Waals surface area contributed by atoms with Gasteiger partial charge >= 0.3 is 0 Å². The van der Waals surface area contributed by atoms with Crippen LogP contribution in [0.4, 0.5) is 0 Å². The van der Waals surface area contributed by atoms with E-state index in [1.807, 2.05) is 38.1 Å². The highest BCUT2D eigenvalue weighted by molar-refractivity contribution is 6.00. The zero-order valence-corrected chi connectivity index (χ0v) is 14.2. The van der Waals surface area contributed by atoms with Gasteiger partial charge in [0.1, 0.15) is 5.56 Å². The van der Waals surface area contributed by atoms with Gasteiger partial charge < -0.3 is 19.3 Å². The normalized spacial score (nSPS) is 16.3. The van der Waals surface area contributed by atoms with Gasteiger partial charge in [-0.1, -0.05) is 29.4 Å². The van der Waals surface area contributed by atoms with E-state index in [9.17, 15) is 4.79 Å². The molecule has 6 nitrogen and oxygen atoms in total. The second-order valence-corrected chi connectivity index (χ2v) is 6.12. The van der Waals surface area contributed by atoms with Gasteiger partial charge in [-0.3, -0.25) is 4.79 Å². The second-order valence-electron chi connectivity index (χ2n) is 6.12. The lowest BCUT2D eigenvalue weighted by atomic mass is 10.0. The van der Waals surface area contributed by atoms with E-state index >= 15 is 0 Å². The Kier molecular flexibility index (Phi) is 4.69. The van der Waals surface area contributed by atoms with Crippen LogP contribution in [0.2, 0.25) is 0 Å². The maximum absolute atomic E-state index is 12.6. The molecule has 1 saturated heterocycles. The minimum absolute atomic E-state index is 0.200. The van der Waals surface area contributed by atoms with Crippen molar-refractivity contribution in [3.05, 3.63) is 41.1 Å². The van der Waals surface area contributed by atoms with E-state index < -0.39 is 5.79 Å². The predicted octanol–water partition coefficient (Wildman–Crippen LogP) is 2.84. The Morgan fingerprint density at radius 2 is 1.96 bits per heavy atom. The second kappa shape index (κ2) is 6.75. The monoisotopic (exact) mass is 330 g/mol. The number of hydrogen-bond acceptors (Lipinski definition) is 5. The number of aromatic nitrogens is 1. The number of nitrogens with one attached hydrogen (secondary N) is 1. The highest BCUT2D eigenvalue weighted by atomic mass is 16.7. The SMILES string of the molecule is Cc1ccccc1-c1onc(C)c1C(=O)NCCC1(C)OCCO1. The molecular formula is C18H22N2O4. The first-order chi connectivity index (χ1) is 11.5. The highest BCUT2D eigenvalue weighted by Crippen LogP contribution is 2.29. The quantitative estimate of drug-likeness (QED) is 0.912. The third kappa shape index (κ3) is 3.34. The third-order valence-corrected chi connectivity index (χ3v) is 4.24. The molecule has 24 heavy (non-hydrogen) atoms. The molecule has 1 aliphatic rings. The maximum Gasteiger partial charge on any atom is 0.257 e. The summed E-state index contributed by atoms with van der Waals surface area (Å²) in [6, 6.07) is 7.76. The smallest absolute Gasteiger partial charge is 0.257 e. The average molecular weight is 330 g/mol. The van der Waals surface area contributed by atoms with E-state index in [0.717, 1.165) is 11.1 Å². The standard InChI is InChI=1S/C18H22N2O4/c1-12-6-4-5-7-14(12)16-15(13(2)20-24-16)17(21)19-9-8-18(3)22-10-11-23-18/h4-7H,8-11H2,1-3H3,(H,19,21). The number of carbonyl (C=O) groups is 1. The molecule has 0 radical (unpaired) electrons. The first kappa shape index (κ1) is 16.7. The topological polar surface area (TPSA) is 73.6 Å². The van der Waals surface area contributed by atoms with Crippen LogP contribution in [0.25, 0.3) is 11.3 Å². The van der Waals surface area contributed by atoms with Crippen molar-refractivity contribution in [1.82, 2.24) is 10.5 Å². The summed E-state index contributed by atoms with van der Waals surface area (Å²) in [4.78, 5) is 12.6. The lowest BCUT2D eigenvalue weighted by molar-refractivity contribution is -0.145. The van der Waals surface area contributed by atoms with E-state index in [0.29, 0.717) is 43.2 Å². The fraction of sp³-hybridized carbons (Fsp3) is 0.444. The number of amides is 1. The summed E-state index contributed by atoms with van der Waals surface area (Å²) in [7, 11) is 0. The molecule has 6 heteroatoms. The highest BCUT2D eigenvalue weighted by Gasteiger charge is 2.31. The molecule has 2 heterocycles. The number of benzene rings is 1. The molecule has 1 amide bonds. The summed E-state index contributed by atoms with van der Waals surface area (Å²) >= 11 is 0. The van der Waals surface area contributed by atoms with Gasteiger partial charge in [-0.25, -0.2) is 0 Å². The van der Waals surface area contributed by atoms with E-state index in [2.05, 4.69) is 10.5 Å². The zero-order valence-electron chi connectivity index (χ0n) is 14.2. The molecule has 1 fully saturated rings. The van der Waals surface area contributed by atoms with Crippen molar-refractivity contribution in [2.45, 2.75) is 33.0 Å². The zero-order chi connectivity index (χ0) is 17.2. The summed E-state index contributed by atoms with van der Waals surface area (Å²) in [5.74, 6) is -0.313. The van der Waals surface area contributed by atoms with E-state index in [4.69, 9.17) is 14.0 Å². The molecule has 0 aliphatic carbocycles. The van der Waals surface area contributed by atoms with Crippen molar-refractivity contribution < 1.29 is 18.8 Å². The Labute approximate surface area is 141 Å². The predicted molar refractivity (Wildman–Crippen MR) is 88.7 cm³/mol. The van der Waals surface area contributed by atoms with Crippen LogP contribution in [0.15, 0.2) is 28.8 Å². The summed E-state index contributed by atoms with van der Waals surface area (Å²) in [6.45, 7) is 7.26. The molecule has 0 atom stereocenters. The van der Waals surface area contributed by atoms with Crippen molar-refractivity contribution in [3.63, 3.8) is 0 Å². The lowest BCUT2D eigenvalue weighted by Gasteiger charge is -2.22. The maximum atomic E-state index is 12.6. The van der Waals surface area contributed by atoms with Gasteiger partial charge in [0.15, 0.2) is 11.5 Å². The van der Waals surface area contributed by atoms with Crippen LogP contribution < -0.4 is 5.32 Å². The number of nitrogens with zero attached hydrogens (tertiary/aromatic N) is 1. The number of rotatable bonds is 5. The molecule has 128 valence electrons. The molecular weight excluding hydrogens is 308 g/mol. The summed E-state index contributed by atoms with van der Waals surface area (Å²) in [5.41, 5.74) is 2.95. The Hall–Kier alpha value is -2.18. The summed E-state index contributed by atoms with van der Waals surface area (Å²) in [6.07, 6.45) is 0.586. The number of aryl methyl sites for hydroxylation is 2. The van der Waals surface area contributed by atoms with Crippen LogP contribution in [0.3, 0.4) is 0 Å². The van der Waals surface area contributed by atoms with E-state index in [1.54, 1.807) is 6.92 Å². The first-order valence-corrected chi connectivity index (χ1v) is 8.08. The Balaban J connectivity index is 1.73. The van der Waals surface area contributed by atoms with Gasteiger partial charge in [0, 0.05) is 18.5 Å². The summed E-state index contributed by atoms with van der Waals surface area (Å²) < 4.78 is 16.5. The molecule has 1 aromatic carbocycles. The van der Waals surface area contributed by atoms with Crippen molar-refractivity contribution in [3.8, 4) is 11.3 Å². The fourth-order valence-electron chi connectivity index (χ4n) is 2.84. The first-order valence-electron chi connectivity index (χ1n) is 8.08. The molecule has 0 unspecified atom stereocenters. The van der Waals surface area contributed by atoms with Gasteiger partial charge in [-0.15, -0.1) is 0 Å². The van der Waals surface area contributed by atoms with Gasteiger partial charge in [-0.2, -0.15) is 0 Å². The van der Waals surface area contributed by atoms with Crippen molar-refractivity contribution in [2.75, 3.05) is 19.8 Å². The number of hydrogen-bond donors (Lipinski definition) is 1. The molecule has 1 aliphatic heterocycles. The van der Waals surface area contributed by atoms with E-state index in [1.165, 1.54) is 0 Å². The van der Waals surface area contributed by atoms with Crippen LogP contribution in [0.1, 0.15) is 35.0 Å². The third-order valence-electron chi connectivity index (χ3n) is 4.24. The van der Waals surface area contributed by atoms with Crippen LogP contribution in [0, 0.1) is 13.8 Å². The Bertz CT molecular complexity index is 732. The molecule has 1 aromatic heterocycles. The molecule has 0 saturated carbocycles. The van der Waals surface area contributed by atoms with Gasteiger partial charge in [0.25, 0.3) is 5.91 Å². The van der Waals surface area contributed by atoms with Gasteiger partial charge in [0.2, 0.25) is 0 Å².